The van der Waals surface area contributed by atoms with Crippen LogP contribution in [0.1, 0.15) is 24.8 Å². The van der Waals surface area contributed by atoms with E-state index in [1.807, 2.05) is 0 Å². The number of halogens is 3. The minimum absolute atomic E-state index is 0.0813. The van der Waals surface area contributed by atoms with Gasteiger partial charge in [0, 0.05) is 11.6 Å². The van der Waals surface area contributed by atoms with Crippen molar-refractivity contribution >= 4 is 15.9 Å². The minimum Gasteiger partial charge on any atom is -0.327 e. The number of rotatable bonds is 4. The zero-order valence-corrected chi connectivity index (χ0v) is 10.4. The molecule has 2 rings (SSSR count). The summed E-state index contributed by atoms with van der Waals surface area (Å²) >= 11 is 3.06. The zero-order valence-electron chi connectivity index (χ0n) is 8.85. The quantitative estimate of drug-likeness (QED) is 0.845. The summed E-state index contributed by atoms with van der Waals surface area (Å²) in [7, 11) is 0. The van der Waals surface area contributed by atoms with Crippen LogP contribution >= 0.6 is 15.9 Å². The normalized spacial score (nSPS) is 17.5. The van der Waals surface area contributed by atoms with Crippen molar-refractivity contribution in [3.8, 4) is 0 Å². The first kappa shape index (κ1) is 12.0. The van der Waals surface area contributed by atoms with E-state index in [4.69, 9.17) is 5.73 Å². The van der Waals surface area contributed by atoms with E-state index in [0.29, 0.717) is 23.2 Å². The van der Waals surface area contributed by atoms with E-state index in [0.717, 1.165) is 12.8 Å². The monoisotopic (exact) mass is 289 g/mol. The Labute approximate surface area is 102 Å². The fourth-order valence-electron chi connectivity index (χ4n) is 1.87. The highest BCUT2D eigenvalue weighted by atomic mass is 79.9. The van der Waals surface area contributed by atoms with E-state index in [9.17, 15) is 8.78 Å². The molecule has 0 amide bonds. The summed E-state index contributed by atoms with van der Waals surface area (Å²) in [5.41, 5.74) is 6.05. The summed E-state index contributed by atoms with van der Waals surface area (Å²) < 4.78 is 27.3. The van der Waals surface area contributed by atoms with Crippen LogP contribution in [-0.2, 0) is 6.42 Å². The maximum Gasteiger partial charge on any atom is 0.143 e. The van der Waals surface area contributed by atoms with E-state index in [2.05, 4.69) is 15.9 Å². The van der Waals surface area contributed by atoms with Crippen LogP contribution in [0, 0.1) is 17.6 Å². The molecule has 0 spiro atoms. The Kier molecular flexibility index (Phi) is 3.60. The van der Waals surface area contributed by atoms with Gasteiger partial charge < -0.3 is 5.73 Å². The van der Waals surface area contributed by atoms with Gasteiger partial charge >= 0.3 is 0 Å². The van der Waals surface area contributed by atoms with Gasteiger partial charge in [0.05, 0.1) is 4.47 Å². The van der Waals surface area contributed by atoms with Crippen LogP contribution in [-0.4, -0.2) is 6.04 Å². The molecule has 0 bridgehead atoms. The first-order valence-electron chi connectivity index (χ1n) is 5.47. The summed E-state index contributed by atoms with van der Waals surface area (Å²) in [5.74, 6) is -0.412. The van der Waals surface area contributed by atoms with E-state index < -0.39 is 11.6 Å². The van der Waals surface area contributed by atoms with E-state index in [1.165, 1.54) is 12.1 Å². The van der Waals surface area contributed by atoms with Gasteiger partial charge in [-0.2, -0.15) is 0 Å². The summed E-state index contributed by atoms with van der Waals surface area (Å²) in [6.45, 7) is 0. The van der Waals surface area contributed by atoms with Gasteiger partial charge in [0.2, 0.25) is 0 Å². The smallest absolute Gasteiger partial charge is 0.143 e. The predicted octanol–water partition coefficient (Wildman–Crippen LogP) is 3.40. The van der Waals surface area contributed by atoms with Crippen LogP contribution in [0.15, 0.2) is 16.6 Å². The Hall–Kier alpha value is -0.480. The summed E-state index contributed by atoms with van der Waals surface area (Å²) in [4.78, 5) is 0. The van der Waals surface area contributed by atoms with E-state index >= 15 is 0 Å². The molecule has 1 fully saturated rings. The van der Waals surface area contributed by atoms with Gasteiger partial charge in [-0.25, -0.2) is 8.78 Å². The molecule has 1 aromatic carbocycles. The van der Waals surface area contributed by atoms with Gasteiger partial charge in [-0.1, -0.05) is 0 Å². The largest absolute Gasteiger partial charge is 0.327 e. The van der Waals surface area contributed by atoms with Gasteiger partial charge in [0.1, 0.15) is 11.6 Å². The highest BCUT2D eigenvalue weighted by Crippen LogP contribution is 2.33. The Morgan fingerprint density at radius 1 is 1.38 bits per heavy atom. The highest BCUT2D eigenvalue weighted by Gasteiger charge is 2.28. The predicted molar refractivity (Wildman–Crippen MR) is 63.1 cm³/mol. The molecule has 1 saturated carbocycles. The summed E-state index contributed by atoms with van der Waals surface area (Å²) in [6.07, 6.45) is 3.33. The van der Waals surface area contributed by atoms with Crippen LogP contribution in [0.5, 0.6) is 0 Å². The molecule has 0 saturated heterocycles. The molecule has 1 unspecified atom stereocenters. The summed E-state index contributed by atoms with van der Waals surface area (Å²) in [5, 5.41) is 0. The van der Waals surface area contributed by atoms with Crippen molar-refractivity contribution in [1.29, 1.82) is 0 Å². The van der Waals surface area contributed by atoms with Crippen molar-refractivity contribution in [3.05, 3.63) is 33.8 Å². The van der Waals surface area contributed by atoms with Gasteiger partial charge in [0.25, 0.3) is 0 Å². The lowest BCUT2D eigenvalue weighted by atomic mass is 10.0. The molecule has 1 atom stereocenters. The van der Waals surface area contributed by atoms with Crippen LogP contribution in [0.25, 0.3) is 0 Å². The molecule has 4 heteroatoms. The minimum atomic E-state index is -0.497. The Morgan fingerprint density at radius 3 is 2.69 bits per heavy atom. The SMILES string of the molecule is NC(CCc1c(F)ccc(Br)c1F)C1CC1. The Bertz CT molecular complexity index is 391. The second-order valence-corrected chi connectivity index (χ2v) is 5.22. The van der Waals surface area contributed by atoms with Crippen molar-refractivity contribution in [2.75, 3.05) is 0 Å². The Morgan fingerprint density at radius 2 is 2.06 bits per heavy atom. The first-order valence-corrected chi connectivity index (χ1v) is 6.27. The van der Waals surface area contributed by atoms with Crippen molar-refractivity contribution in [1.82, 2.24) is 0 Å². The lowest BCUT2D eigenvalue weighted by molar-refractivity contribution is 0.509. The second-order valence-electron chi connectivity index (χ2n) is 4.36. The summed E-state index contributed by atoms with van der Waals surface area (Å²) in [6, 6.07) is 2.75. The maximum absolute atomic E-state index is 13.6. The lowest BCUT2D eigenvalue weighted by Gasteiger charge is -2.11. The zero-order chi connectivity index (χ0) is 11.7. The van der Waals surface area contributed by atoms with Crippen LogP contribution in [0.4, 0.5) is 8.78 Å². The molecule has 16 heavy (non-hydrogen) atoms. The third kappa shape index (κ3) is 2.61. The average molecular weight is 290 g/mol. The molecule has 0 radical (unpaired) electrons. The molecule has 1 nitrogen and oxygen atoms in total. The highest BCUT2D eigenvalue weighted by molar-refractivity contribution is 9.10. The van der Waals surface area contributed by atoms with Gasteiger partial charge in [0.15, 0.2) is 0 Å². The van der Waals surface area contributed by atoms with Crippen LogP contribution in [0.2, 0.25) is 0 Å². The fraction of sp³-hybridized carbons (Fsp3) is 0.500. The van der Waals surface area contributed by atoms with E-state index in [-0.39, 0.29) is 11.6 Å². The van der Waals surface area contributed by atoms with Gasteiger partial charge in [-0.3, -0.25) is 0 Å². The molecule has 88 valence electrons. The molecule has 0 aliphatic heterocycles. The molecule has 0 heterocycles. The molecule has 1 aromatic rings. The number of hydrogen-bond acceptors (Lipinski definition) is 1. The van der Waals surface area contributed by atoms with Crippen molar-refractivity contribution in [2.45, 2.75) is 31.7 Å². The lowest BCUT2D eigenvalue weighted by Crippen LogP contribution is -2.23. The molecule has 2 N–H and O–H groups in total. The van der Waals surface area contributed by atoms with Gasteiger partial charge in [-0.15, -0.1) is 0 Å². The fourth-order valence-corrected chi connectivity index (χ4v) is 2.24. The molecule has 1 aliphatic rings. The Balaban J connectivity index is 2.05. The van der Waals surface area contributed by atoms with Crippen molar-refractivity contribution in [3.63, 3.8) is 0 Å². The number of nitrogens with two attached hydrogens (primary N) is 1. The molecular formula is C12H14BrF2N. The third-order valence-corrected chi connectivity index (χ3v) is 3.71. The van der Waals surface area contributed by atoms with Crippen LogP contribution < -0.4 is 5.73 Å². The van der Waals surface area contributed by atoms with E-state index in [1.54, 1.807) is 0 Å². The first-order chi connectivity index (χ1) is 7.59. The second kappa shape index (κ2) is 4.80. The maximum atomic E-state index is 13.6. The molecule has 0 aromatic heterocycles. The molecular weight excluding hydrogens is 276 g/mol. The average Bonchev–Trinajstić information content (AvgIpc) is 3.07. The number of hydrogen-bond donors (Lipinski definition) is 1. The van der Waals surface area contributed by atoms with Crippen molar-refractivity contribution < 1.29 is 8.78 Å². The third-order valence-electron chi connectivity index (χ3n) is 3.09. The topological polar surface area (TPSA) is 26.0 Å². The number of benzene rings is 1. The standard InChI is InChI=1S/C12H14BrF2N/c13-9-4-5-10(14)8(12(9)15)3-6-11(16)7-1-2-7/h4-5,7,11H,1-3,6,16H2. The van der Waals surface area contributed by atoms with Crippen molar-refractivity contribution in [2.24, 2.45) is 11.7 Å². The van der Waals surface area contributed by atoms with Crippen LogP contribution in [0.3, 0.4) is 0 Å². The van der Waals surface area contributed by atoms with Gasteiger partial charge in [-0.05, 0) is 59.7 Å². The molecule has 1 aliphatic carbocycles.